The normalized spacial score (nSPS) is 13.3. The van der Waals surface area contributed by atoms with Gasteiger partial charge in [0.05, 0.1) is 42.1 Å². The maximum Gasteiger partial charge on any atom is 0.416 e. The summed E-state index contributed by atoms with van der Waals surface area (Å²) in [7, 11) is -1.90. The smallest absolute Gasteiger partial charge is 0.416 e. The Labute approximate surface area is 182 Å². The predicted molar refractivity (Wildman–Crippen MR) is 114 cm³/mol. The molecular formula is C21H23F3N2O5S. The molecule has 32 heavy (non-hydrogen) atoms. The lowest BCUT2D eigenvalue weighted by Gasteiger charge is -2.21. The van der Waals surface area contributed by atoms with Crippen LogP contribution in [0.3, 0.4) is 0 Å². The zero-order valence-corrected chi connectivity index (χ0v) is 18.5. The number of ether oxygens (including phenoxy) is 2. The molecule has 0 aliphatic carbocycles. The quantitative estimate of drug-likeness (QED) is 0.539. The summed E-state index contributed by atoms with van der Waals surface area (Å²) >= 11 is 0. The van der Waals surface area contributed by atoms with Crippen molar-refractivity contribution in [1.82, 2.24) is 9.55 Å². The van der Waals surface area contributed by atoms with E-state index < -0.39 is 33.3 Å². The van der Waals surface area contributed by atoms with E-state index >= 15 is 0 Å². The fraction of sp³-hybridized carbons (Fsp3) is 0.381. The van der Waals surface area contributed by atoms with E-state index in [0.717, 1.165) is 18.4 Å². The summed E-state index contributed by atoms with van der Waals surface area (Å²) in [6, 6.07) is 7.13. The summed E-state index contributed by atoms with van der Waals surface area (Å²) in [6.07, 6.45) is -3.45. The molecule has 0 bridgehead atoms. The molecule has 0 aliphatic rings. The molecule has 1 atom stereocenters. The molecular weight excluding hydrogens is 449 g/mol. The van der Waals surface area contributed by atoms with Gasteiger partial charge in [0.2, 0.25) is 0 Å². The molecule has 3 rings (SSSR count). The van der Waals surface area contributed by atoms with Crippen LogP contribution in [0.15, 0.2) is 41.2 Å². The van der Waals surface area contributed by atoms with Crippen LogP contribution in [0.5, 0.6) is 11.5 Å². The van der Waals surface area contributed by atoms with Crippen molar-refractivity contribution in [1.29, 1.82) is 0 Å². The Morgan fingerprint density at radius 1 is 1.12 bits per heavy atom. The summed E-state index contributed by atoms with van der Waals surface area (Å²) in [6.45, 7) is 2.14. The summed E-state index contributed by atoms with van der Waals surface area (Å²) in [5.41, 5.74) is -0.746. The number of aromatic amines is 1. The maximum atomic E-state index is 13.1. The van der Waals surface area contributed by atoms with Crippen molar-refractivity contribution in [3.05, 3.63) is 58.0 Å². The third kappa shape index (κ3) is 5.09. The Morgan fingerprint density at radius 2 is 1.84 bits per heavy atom. The van der Waals surface area contributed by atoms with Crippen LogP contribution >= 0.6 is 0 Å². The number of fused-ring (bicyclic) bond motifs is 1. The first-order valence-electron chi connectivity index (χ1n) is 9.74. The Bertz CT molecular complexity index is 1280. The van der Waals surface area contributed by atoms with Gasteiger partial charge in [-0.2, -0.15) is 13.2 Å². The first kappa shape index (κ1) is 23.7. The van der Waals surface area contributed by atoms with Gasteiger partial charge in [0.15, 0.2) is 11.5 Å². The molecule has 0 aliphatic heterocycles. The second-order valence-electron chi connectivity index (χ2n) is 7.31. The third-order valence-electron chi connectivity index (χ3n) is 4.99. The van der Waals surface area contributed by atoms with Crippen LogP contribution in [0, 0.1) is 0 Å². The number of imidazole rings is 1. The number of methoxy groups -OCH3 is 1. The van der Waals surface area contributed by atoms with Crippen molar-refractivity contribution in [2.24, 2.45) is 0 Å². The highest BCUT2D eigenvalue weighted by Crippen LogP contribution is 2.35. The van der Waals surface area contributed by atoms with E-state index in [1.54, 1.807) is 25.1 Å². The number of hydrogen-bond acceptors (Lipinski definition) is 5. The van der Waals surface area contributed by atoms with Gasteiger partial charge in [0, 0.05) is 6.26 Å². The summed E-state index contributed by atoms with van der Waals surface area (Å²) in [5, 5.41) is 0. The molecule has 2 aromatic carbocycles. The maximum absolute atomic E-state index is 13.1. The van der Waals surface area contributed by atoms with Gasteiger partial charge in [-0.15, -0.1) is 0 Å². The van der Waals surface area contributed by atoms with E-state index in [9.17, 15) is 26.4 Å². The summed E-state index contributed by atoms with van der Waals surface area (Å²) in [5.74, 6) is 0.635. The largest absolute Gasteiger partial charge is 0.493 e. The third-order valence-corrected chi connectivity index (χ3v) is 5.97. The average Bonchev–Trinajstić information content (AvgIpc) is 3.02. The van der Waals surface area contributed by atoms with Crippen molar-refractivity contribution >= 4 is 20.9 Å². The molecule has 0 saturated carbocycles. The number of nitrogens with one attached hydrogen (secondary N) is 1. The van der Waals surface area contributed by atoms with Crippen LogP contribution in [0.1, 0.15) is 30.5 Å². The predicted octanol–water partition coefficient (Wildman–Crippen LogP) is 3.78. The SMILES string of the molecule is CCOc1cc([C@@H](CCS(C)(=O)=O)n2c(=O)[nH]c3cc(C(F)(F)F)ccc32)ccc1OC. The van der Waals surface area contributed by atoms with E-state index in [-0.39, 0.29) is 23.2 Å². The molecule has 7 nitrogen and oxygen atoms in total. The van der Waals surface area contributed by atoms with Crippen molar-refractivity contribution in [2.45, 2.75) is 25.6 Å². The van der Waals surface area contributed by atoms with Crippen molar-refractivity contribution in [3.63, 3.8) is 0 Å². The fourth-order valence-corrected chi connectivity index (χ4v) is 4.21. The molecule has 0 spiro atoms. The number of nitrogens with zero attached hydrogens (tertiary/aromatic N) is 1. The topological polar surface area (TPSA) is 90.4 Å². The molecule has 174 valence electrons. The van der Waals surface area contributed by atoms with Crippen LogP contribution in [0.2, 0.25) is 0 Å². The number of halogens is 3. The van der Waals surface area contributed by atoms with Gasteiger partial charge in [-0.25, -0.2) is 13.2 Å². The highest BCUT2D eigenvalue weighted by molar-refractivity contribution is 7.90. The first-order chi connectivity index (χ1) is 14.9. The van der Waals surface area contributed by atoms with Gasteiger partial charge in [0.1, 0.15) is 9.84 Å². The van der Waals surface area contributed by atoms with Crippen LogP contribution in [-0.4, -0.2) is 43.7 Å². The number of aromatic nitrogens is 2. The molecule has 1 heterocycles. The lowest BCUT2D eigenvalue weighted by molar-refractivity contribution is -0.137. The Balaban J connectivity index is 2.19. The van der Waals surface area contributed by atoms with E-state index in [1.165, 1.54) is 17.7 Å². The first-order valence-corrected chi connectivity index (χ1v) is 11.8. The van der Waals surface area contributed by atoms with Crippen LogP contribution in [0.25, 0.3) is 11.0 Å². The monoisotopic (exact) mass is 472 g/mol. The van der Waals surface area contributed by atoms with Gasteiger partial charge in [-0.1, -0.05) is 6.07 Å². The van der Waals surface area contributed by atoms with Crippen LogP contribution < -0.4 is 15.2 Å². The Hall–Kier alpha value is -2.95. The summed E-state index contributed by atoms with van der Waals surface area (Å²) < 4.78 is 75.1. The van der Waals surface area contributed by atoms with Gasteiger partial charge in [0.25, 0.3) is 0 Å². The Kier molecular flexibility index (Phi) is 6.59. The molecule has 1 aromatic heterocycles. The minimum absolute atomic E-state index is 0.00715. The average molecular weight is 472 g/mol. The molecule has 0 radical (unpaired) electrons. The lowest BCUT2D eigenvalue weighted by atomic mass is 10.0. The second kappa shape index (κ2) is 8.89. The fourth-order valence-electron chi connectivity index (χ4n) is 3.56. The van der Waals surface area contributed by atoms with E-state index in [2.05, 4.69) is 4.98 Å². The lowest BCUT2D eigenvalue weighted by Crippen LogP contribution is -2.25. The highest BCUT2D eigenvalue weighted by atomic mass is 32.2. The zero-order chi connectivity index (χ0) is 23.7. The minimum atomic E-state index is -4.56. The number of rotatable bonds is 8. The van der Waals surface area contributed by atoms with E-state index in [4.69, 9.17) is 9.47 Å². The molecule has 0 unspecified atom stereocenters. The van der Waals surface area contributed by atoms with Crippen LogP contribution in [-0.2, 0) is 16.0 Å². The van der Waals surface area contributed by atoms with E-state index in [0.29, 0.717) is 23.7 Å². The van der Waals surface area contributed by atoms with Gasteiger partial charge in [-0.3, -0.25) is 4.57 Å². The van der Waals surface area contributed by atoms with Crippen molar-refractivity contribution < 1.29 is 31.1 Å². The molecule has 1 N–H and O–H groups in total. The number of alkyl halides is 3. The van der Waals surface area contributed by atoms with Gasteiger partial charge >= 0.3 is 11.9 Å². The van der Waals surface area contributed by atoms with Gasteiger partial charge < -0.3 is 14.5 Å². The number of H-pyrrole nitrogens is 1. The molecule has 3 aromatic rings. The van der Waals surface area contributed by atoms with Gasteiger partial charge in [-0.05, 0) is 49.2 Å². The molecule has 0 amide bonds. The highest BCUT2D eigenvalue weighted by Gasteiger charge is 2.31. The van der Waals surface area contributed by atoms with Crippen LogP contribution in [0.4, 0.5) is 13.2 Å². The van der Waals surface area contributed by atoms with Crippen molar-refractivity contribution in [2.75, 3.05) is 25.7 Å². The number of sulfone groups is 1. The second-order valence-corrected chi connectivity index (χ2v) is 9.57. The standard InChI is InChI=1S/C21H23F3N2O5S/c1-4-31-19-11-13(5-8-18(19)30-2)16(9-10-32(3,28)29)26-17-7-6-14(21(22,23)24)12-15(17)25-20(26)27/h5-8,11-12,16H,4,9-10H2,1-3H3,(H,25,27)/t16-/m1/s1. The van der Waals surface area contributed by atoms with E-state index in [1.807, 2.05) is 0 Å². The number of hydrogen-bond donors (Lipinski definition) is 1. The molecule has 0 fully saturated rings. The molecule has 0 saturated heterocycles. The van der Waals surface area contributed by atoms with Crippen molar-refractivity contribution in [3.8, 4) is 11.5 Å². The minimum Gasteiger partial charge on any atom is -0.493 e. The zero-order valence-electron chi connectivity index (χ0n) is 17.7. The number of benzene rings is 2. The molecule has 11 heteroatoms. The Morgan fingerprint density at radius 3 is 2.44 bits per heavy atom. The summed E-state index contributed by atoms with van der Waals surface area (Å²) in [4.78, 5) is 15.2.